The van der Waals surface area contributed by atoms with E-state index >= 15 is 0 Å². The molecule has 0 aliphatic rings. The summed E-state index contributed by atoms with van der Waals surface area (Å²) in [5.41, 5.74) is 1.07. The van der Waals surface area contributed by atoms with Gasteiger partial charge in [0.05, 0.1) is 5.69 Å². The zero-order valence-corrected chi connectivity index (χ0v) is 8.09. The zero-order valence-electron chi connectivity index (χ0n) is 7.33. The van der Waals surface area contributed by atoms with E-state index in [9.17, 15) is 0 Å². The summed E-state index contributed by atoms with van der Waals surface area (Å²) < 4.78 is 1.84. The highest BCUT2D eigenvalue weighted by molar-refractivity contribution is 6.17. The molecule has 0 saturated heterocycles. The number of nitrogens with zero attached hydrogens (tertiary/aromatic N) is 3. The molecule has 0 radical (unpaired) electrons. The third-order valence-electron chi connectivity index (χ3n) is 1.73. The first-order chi connectivity index (χ1) is 5.86. The van der Waals surface area contributed by atoms with Crippen LogP contribution in [0.1, 0.15) is 25.5 Å². The SMILES string of the molecule is CCn1cc(CCCCCl)nn1. The predicted octanol–water partition coefficient (Wildman–Crippen LogP) is 1.86. The van der Waals surface area contributed by atoms with E-state index in [1.807, 2.05) is 10.9 Å². The molecule has 0 atom stereocenters. The van der Waals surface area contributed by atoms with Crippen molar-refractivity contribution >= 4 is 11.6 Å². The van der Waals surface area contributed by atoms with Gasteiger partial charge in [0.2, 0.25) is 0 Å². The Balaban J connectivity index is 2.31. The summed E-state index contributed by atoms with van der Waals surface area (Å²) >= 11 is 5.56. The van der Waals surface area contributed by atoms with Crippen molar-refractivity contribution in [2.45, 2.75) is 32.7 Å². The number of alkyl halides is 1. The summed E-state index contributed by atoms with van der Waals surface area (Å²) in [4.78, 5) is 0. The molecule has 0 aromatic carbocycles. The Kier molecular flexibility index (Phi) is 4.08. The second-order valence-electron chi connectivity index (χ2n) is 2.71. The number of aryl methyl sites for hydroxylation is 2. The van der Waals surface area contributed by atoms with Crippen molar-refractivity contribution in [3.63, 3.8) is 0 Å². The molecule has 12 heavy (non-hydrogen) atoms. The maximum absolute atomic E-state index is 5.56. The molecule has 0 aliphatic carbocycles. The van der Waals surface area contributed by atoms with Crippen LogP contribution in [0.5, 0.6) is 0 Å². The first-order valence-electron chi connectivity index (χ1n) is 4.31. The molecule has 0 unspecified atom stereocenters. The maximum Gasteiger partial charge on any atom is 0.0827 e. The van der Waals surface area contributed by atoms with Gasteiger partial charge in [0.25, 0.3) is 0 Å². The van der Waals surface area contributed by atoms with Crippen LogP contribution < -0.4 is 0 Å². The topological polar surface area (TPSA) is 30.7 Å². The van der Waals surface area contributed by atoms with E-state index in [4.69, 9.17) is 11.6 Å². The maximum atomic E-state index is 5.56. The van der Waals surface area contributed by atoms with Gasteiger partial charge >= 0.3 is 0 Å². The predicted molar refractivity (Wildman–Crippen MR) is 49.4 cm³/mol. The largest absolute Gasteiger partial charge is 0.253 e. The Morgan fingerprint density at radius 3 is 2.92 bits per heavy atom. The molecule has 0 bridgehead atoms. The van der Waals surface area contributed by atoms with Crippen LogP contribution in [0.4, 0.5) is 0 Å². The second-order valence-corrected chi connectivity index (χ2v) is 3.09. The highest BCUT2D eigenvalue weighted by atomic mass is 35.5. The van der Waals surface area contributed by atoms with E-state index < -0.39 is 0 Å². The van der Waals surface area contributed by atoms with E-state index in [1.54, 1.807) is 0 Å². The fourth-order valence-corrected chi connectivity index (χ4v) is 1.20. The van der Waals surface area contributed by atoms with Gasteiger partial charge in [-0.25, -0.2) is 0 Å². The Morgan fingerprint density at radius 2 is 2.33 bits per heavy atom. The number of aromatic nitrogens is 3. The molecule has 4 heteroatoms. The molecular weight excluding hydrogens is 174 g/mol. The average molecular weight is 188 g/mol. The highest BCUT2D eigenvalue weighted by Gasteiger charge is 1.97. The minimum atomic E-state index is 0.738. The second kappa shape index (κ2) is 5.14. The molecule has 1 aromatic rings. The van der Waals surface area contributed by atoms with E-state index in [1.165, 1.54) is 0 Å². The number of hydrogen-bond donors (Lipinski definition) is 0. The lowest BCUT2D eigenvalue weighted by Crippen LogP contribution is -1.93. The van der Waals surface area contributed by atoms with Crippen LogP contribution in [0.15, 0.2) is 6.20 Å². The fraction of sp³-hybridized carbons (Fsp3) is 0.750. The summed E-state index contributed by atoms with van der Waals surface area (Å²) in [6.07, 6.45) is 5.15. The third-order valence-corrected chi connectivity index (χ3v) is 1.99. The number of rotatable bonds is 5. The minimum absolute atomic E-state index is 0.738. The van der Waals surface area contributed by atoms with E-state index in [-0.39, 0.29) is 0 Å². The van der Waals surface area contributed by atoms with Crippen LogP contribution in [0.2, 0.25) is 0 Å². The van der Waals surface area contributed by atoms with Crippen LogP contribution in [0.25, 0.3) is 0 Å². The molecule has 0 amide bonds. The summed E-state index contributed by atoms with van der Waals surface area (Å²) in [5.74, 6) is 0.738. The van der Waals surface area contributed by atoms with Crippen molar-refractivity contribution in [2.75, 3.05) is 5.88 Å². The van der Waals surface area contributed by atoms with Gasteiger partial charge in [-0.15, -0.1) is 16.7 Å². The zero-order chi connectivity index (χ0) is 8.81. The summed E-state index contributed by atoms with van der Waals surface area (Å²) in [6.45, 7) is 2.94. The van der Waals surface area contributed by atoms with Gasteiger partial charge in [-0.1, -0.05) is 5.21 Å². The number of halogens is 1. The normalized spacial score (nSPS) is 10.5. The van der Waals surface area contributed by atoms with E-state index in [2.05, 4.69) is 17.2 Å². The lowest BCUT2D eigenvalue weighted by molar-refractivity contribution is 0.626. The number of unbranched alkanes of at least 4 members (excludes halogenated alkanes) is 1. The average Bonchev–Trinajstić information content (AvgIpc) is 2.53. The van der Waals surface area contributed by atoms with Crippen molar-refractivity contribution in [1.29, 1.82) is 0 Å². The molecule has 0 N–H and O–H groups in total. The monoisotopic (exact) mass is 187 g/mol. The Labute approximate surface area is 77.7 Å². The van der Waals surface area contributed by atoms with Gasteiger partial charge in [0.15, 0.2) is 0 Å². The molecule has 0 aliphatic heterocycles. The Bertz CT molecular complexity index is 222. The summed E-state index contributed by atoms with van der Waals surface area (Å²) in [6, 6.07) is 0. The van der Waals surface area contributed by atoms with Gasteiger partial charge in [0, 0.05) is 18.6 Å². The first kappa shape index (κ1) is 9.52. The smallest absolute Gasteiger partial charge is 0.0827 e. The van der Waals surface area contributed by atoms with Gasteiger partial charge in [-0.3, -0.25) is 4.68 Å². The van der Waals surface area contributed by atoms with Crippen LogP contribution in [-0.4, -0.2) is 20.9 Å². The Morgan fingerprint density at radius 1 is 1.50 bits per heavy atom. The highest BCUT2D eigenvalue weighted by Crippen LogP contribution is 2.01. The number of hydrogen-bond acceptors (Lipinski definition) is 2. The molecule has 1 heterocycles. The lowest BCUT2D eigenvalue weighted by atomic mass is 10.2. The fourth-order valence-electron chi connectivity index (χ4n) is 1.01. The van der Waals surface area contributed by atoms with Gasteiger partial charge in [0.1, 0.15) is 0 Å². The standard InChI is InChI=1S/C8H14ClN3/c1-2-12-7-8(10-11-12)5-3-4-6-9/h7H,2-6H2,1H3. The molecule has 68 valence electrons. The molecule has 0 spiro atoms. The van der Waals surface area contributed by atoms with Crippen molar-refractivity contribution in [1.82, 2.24) is 15.0 Å². The molecule has 0 fully saturated rings. The third kappa shape index (κ3) is 2.81. The van der Waals surface area contributed by atoms with Crippen molar-refractivity contribution in [3.05, 3.63) is 11.9 Å². The molecule has 0 saturated carbocycles. The van der Waals surface area contributed by atoms with Crippen molar-refractivity contribution < 1.29 is 0 Å². The minimum Gasteiger partial charge on any atom is -0.253 e. The van der Waals surface area contributed by atoms with Crippen molar-refractivity contribution in [3.8, 4) is 0 Å². The van der Waals surface area contributed by atoms with Gasteiger partial charge in [-0.2, -0.15) is 0 Å². The lowest BCUT2D eigenvalue weighted by Gasteiger charge is -1.92. The molecule has 1 rings (SSSR count). The van der Waals surface area contributed by atoms with Crippen LogP contribution in [-0.2, 0) is 13.0 Å². The van der Waals surface area contributed by atoms with Crippen LogP contribution in [0, 0.1) is 0 Å². The summed E-state index contributed by atoms with van der Waals surface area (Å²) in [7, 11) is 0. The first-order valence-corrected chi connectivity index (χ1v) is 4.85. The molecule has 3 nitrogen and oxygen atoms in total. The van der Waals surface area contributed by atoms with E-state index in [0.29, 0.717) is 0 Å². The van der Waals surface area contributed by atoms with Gasteiger partial charge < -0.3 is 0 Å². The summed E-state index contributed by atoms with van der Waals surface area (Å²) in [5, 5.41) is 7.98. The van der Waals surface area contributed by atoms with Crippen LogP contribution in [0.3, 0.4) is 0 Å². The molecular formula is C8H14ClN3. The van der Waals surface area contributed by atoms with Gasteiger partial charge in [-0.05, 0) is 26.2 Å². The van der Waals surface area contributed by atoms with Crippen LogP contribution >= 0.6 is 11.6 Å². The van der Waals surface area contributed by atoms with Crippen molar-refractivity contribution in [2.24, 2.45) is 0 Å². The molecule has 1 aromatic heterocycles. The Hall–Kier alpha value is -0.570. The van der Waals surface area contributed by atoms with E-state index in [0.717, 1.165) is 37.4 Å². The quantitative estimate of drug-likeness (QED) is 0.521.